The molecule has 0 heterocycles. The van der Waals surface area contributed by atoms with Gasteiger partial charge in [0.2, 0.25) is 0 Å². The second kappa shape index (κ2) is 6.52. The minimum absolute atomic E-state index is 0.690. The van der Waals surface area contributed by atoms with Crippen molar-refractivity contribution in [1.82, 2.24) is 0 Å². The average Bonchev–Trinajstić information content (AvgIpc) is 2.56. The SMILES string of the molecule is CCOc1ccc(-c2ccc3cc(OCC)ccc3c2)cc1. The van der Waals surface area contributed by atoms with Gasteiger partial charge in [0.05, 0.1) is 13.2 Å². The van der Waals surface area contributed by atoms with E-state index in [2.05, 4.69) is 42.5 Å². The zero-order valence-electron chi connectivity index (χ0n) is 13.0. The Bertz CT molecular complexity index is 760. The summed E-state index contributed by atoms with van der Waals surface area (Å²) >= 11 is 0. The molecule has 0 amide bonds. The molecule has 0 fully saturated rings. The Morgan fingerprint density at radius 3 is 1.86 bits per heavy atom. The van der Waals surface area contributed by atoms with Crippen molar-refractivity contribution in [3.05, 3.63) is 60.7 Å². The third-order valence-electron chi connectivity index (χ3n) is 3.62. The van der Waals surface area contributed by atoms with Crippen LogP contribution in [0.1, 0.15) is 13.8 Å². The maximum atomic E-state index is 5.55. The summed E-state index contributed by atoms with van der Waals surface area (Å²) in [5.41, 5.74) is 2.40. The number of ether oxygens (including phenoxy) is 2. The van der Waals surface area contributed by atoms with Crippen molar-refractivity contribution in [2.24, 2.45) is 0 Å². The van der Waals surface area contributed by atoms with Gasteiger partial charge in [-0.2, -0.15) is 0 Å². The third-order valence-corrected chi connectivity index (χ3v) is 3.62. The monoisotopic (exact) mass is 292 g/mol. The molecule has 2 nitrogen and oxygen atoms in total. The van der Waals surface area contributed by atoms with E-state index in [9.17, 15) is 0 Å². The van der Waals surface area contributed by atoms with Gasteiger partial charge in [0, 0.05) is 0 Å². The Morgan fingerprint density at radius 1 is 0.591 bits per heavy atom. The van der Waals surface area contributed by atoms with Crippen LogP contribution in [0.4, 0.5) is 0 Å². The standard InChI is InChI=1S/C20H20O2/c1-3-21-19-10-7-15(8-11-19)16-5-6-18-14-20(22-4-2)12-9-17(18)13-16/h5-14H,3-4H2,1-2H3. The van der Waals surface area contributed by atoms with E-state index < -0.39 is 0 Å². The van der Waals surface area contributed by atoms with Crippen LogP contribution in [0.15, 0.2) is 60.7 Å². The summed E-state index contributed by atoms with van der Waals surface area (Å²) in [7, 11) is 0. The van der Waals surface area contributed by atoms with Gasteiger partial charge in [0.15, 0.2) is 0 Å². The maximum Gasteiger partial charge on any atom is 0.119 e. The van der Waals surface area contributed by atoms with E-state index in [0.717, 1.165) is 11.5 Å². The molecule has 3 aromatic carbocycles. The molecule has 0 atom stereocenters. The van der Waals surface area contributed by atoms with Crippen molar-refractivity contribution in [3.8, 4) is 22.6 Å². The summed E-state index contributed by atoms with van der Waals surface area (Å²) in [6, 6.07) is 20.9. The molecule has 2 heteroatoms. The molecule has 0 spiro atoms. The van der Waals surface area contributed by atoms with E-state index >= 15 is 0 Å². The summed E-state index contributed by atoms with van der Waals surface area (Å²) in [6.07, 6.45) is 0. The fourth-order valence-corrected chi connectivity index (χ4v) is 2.57. The third kappa shape index (κ3) is 3.06. The van der Waals surface area contributed by atoms with Crippen molar-refractivity contribution < 1.29 is 9.47 Å². The number of hydrogen-bond acceptors (Lipinski definition) is 2. The molecular formula is C20H20O2. The van der Waals surface area contributed by atoms with Gasteiger partial charge in [-0.25, -0.2) is 0 Å². The lowest BCUT2D eigenvalue weighted by atomic mass is 10.0. The normalized spacial score (nSPS) is 10.6. The minimum Gasteiger partial charge on any atom is -0.494 e. The van der Waals surface area contributed by atoms with Crippen LogP contribution in [0.25, 0.3) is 21.9 Å². The molecule has 0 aliphatic rings. The van der Waals surface area contributed by atoms with Gasteiger partial charge in [-0.1, -0.05) is 30.3 Å². The molecule has 0 saturated heterocycles. The van der Waals surface area contributed by atoms with E-state index in [1.54, 1.807) is 0 Å². The molecule has 0 aliphatic carbocycles. The first-order valence-corrected chi connectivity index (χ1v) is 7.70. The number of benzene rings is 3. The van der Waals surface area contributed by atoms with Crippen LogP contribution in [0.2, 0.25) is 0 Å². The van der Waals surface area contributed by atoms with Crippen LogP contribution in [-0.4, -0.2) is 13.2 Å². The van der Waals surface area contributed by atoms with Crippen LogP contribution in [-0.2, 0) is 0 Å². The minimum atomic E-state index is 0.690. The van der Waals surface area contributed by atoms with E-state index in [0.29, 0.717) is 13.2 Å². The first kappa shape index (κ1) is 14.5. The van der Waals surface area contributed by atoms with Crippen molar-refractivity contribution in [3.63, 3.8) is 0 Å². The molecular weight excluding hydrogens is 272 g/mol. The highest BCUT2D eigenvalue weighted by atomic mass is 16.5. The molecule has 0 aromatic heterocycles. The number of fused-ring (bicyclic) bond motifs is 1. The molecule has 0 N–H and O–H groups in total. The summed E-state index contributed by atoms with van der Waals surface area (Å²) in [4.78, 5) is 0. The molecule has 0 saturated carbocycles. The molecule has 0 bridgehead atoms. The topological polar surface area (TPSA) is 18.5 Å². The summed E-state index contributed by atoms with van der Waals surface area (Å²) in [6.45, 7) is 5.38. The van der Waals surface area contributed by atoms with E-state index in [1.807, 2.05) is 32.0 Å². The highest BCUT2D eigenvalue weighted by Gasteiger charge is 2.02. The number of hydrogen-bond donors (Lipinski definition) is 0. The molecule has 0 unspecified atom stereocenters. The van der Waals surface area contributed by atoms with Gasteiger partial charge in [0.25, 0.3) is 0 Å². The zero-order valence-corrected chi connectivity index (χ0v) is 13.0. The van der Waals surface area contributed by atoms with E-state index in [1.165, 1.54) is 21.9 Å². The fourth-order valence-electron chi connectivity index (χ4n) is 2.57. The maximum absolute atomic E-state index is 5.55. The van der Waals surface area contributed by atoms with Crippen LogP contribution >= 0.6 is 0 Å². The lowest BCUT2D eigenvalue weighted by Gasteiger charge is -2.08. The van der Waals surface area contributed by atoms with Crippen molar-refractivity contribution >= 4 is 10.8 Å². The van der Waals surface area contributed by atoms with Gasteiger partial charge in [-0.15, -0.1) is 0 Å². The quantitative estimate of drug-likeness (QED) is 0.635. The second-order valence-electron chi connectivity index (χ2n) is 5.11. The van der Waals surface area contributed by atoms with Crippen LogP contribution in [0, 0.1) is 0 Å². The summed E-state index contributed by atoms with van der Waals surface area (Å²) < 4.78 is 11.0. The van der Waals surface area contributed by atoms with Gasteiger partial charge in [-0.05, 0) is 66.1 Å². The largest absolute Gasteiger partial charge is 0.494 e. The Balaban J connectivity index is 1.92. The summed E-state index contributed by atoms with van der Waals surface area (Å²) in [5, 5.41) is 2.41. The fraction of sp³-hybridized carbons (Fsp3) is 0.200. The average molecular weight is 292 g/mol. The molecule has 0 aliphatic heterocycles. The predicted octanol–water partition coefficient (Wildman–Crippen LogP) is 5.30. The molecule has 3 rings (SSSR count). The molecule has 22 heavy (non-hydrogen) atoms. The summed E-state index contributed by atoms with van der Waals surface area (Å²) in [5.74, 6) is 1.83. The highest BCUT2D eigenvalue weighted by Crippen LogP contribution is 2.28. The zero-order chi connectivity index (χ0) is 15.4. The first-order valence-electron chi connectivity index (χ1n) is 7.70. The van der Waals surface area contributed by atoms with E-state index in [-0.39, 0.29) is 0 Å². The van der Waals surface area contributed by atoms with Crippen molar-refractivity contribution in [1.29, 1.82) is 0 Å². The van der Waals surface area contributed by atoms with E-state index in [4.69, 9.17) is 9.47 Å². The molecule has 0 radical (unpaired) electrons. The second-order valence-corrected chi connectivity index (χ2v) is 5.11. The molecule has 3 aromatic rings. The molecule has 112 valence electrons. The van der Waals surface area contributed by atoms with Crippen LogP contribution in [0.3, 0.4) is 0 Å². The van der Waals surface area contributed by atoms with Gasteiger partial charge in [0.1, 0.15) is 11.5 Å². The Morgan fingerprint density at radius 2 is 1.14 bits per heavy atom. The Labute approximate surface area is 131 Å². The Hall–Kier alpha value is -2.48. The van der Waals surface area contributed by atoms with Crippen LogP contribution in [0.5, 0.6) is 11.5 Å². The first-order chi connectivity index (χ1) is 10.8. The van der Waals surface area contributed by atoms with Crippen molar-refractivity contribution in [2.75, 3.05) is 13.2 Å². The number of rotatable bonds is 5. The van der Waals surface area contributed by atoms with Gasteiger partial charge in [-0.3, -0.25) is 0 Å². The Kier molecular flexibility index (Phi) is 4.29. The van der Waals surface area contributed by atoms with Crippen LogP contribution < -0.4 is 9.47 Å². The lowest BCUT2D eigenvalue weighted by molar-refractivity contribution is 0.340. The van der Waals surface area contributed by atoms with Gasteiger partial charge >= 0.3 is 0 Å². The lowest BCUT2D eigenvalue weighted by Crippen LogP contribution is -1.91. The smallest absolute Gasteiger partial charge is 0.119 e. The van der Waals surface area contributed by atoms with Crippen molar-refractivity contribution in [2.45, 2.75) is 13.8 Å². The van der Waals surface area contributed by atoms with Gasteiger partial charge < -0.3 is 9.47 Å². The highest BCUT2D eigenvalue weighted by molar-refractivity contribution is 5.88. The predicted molar refractivity (Wildman–Crippen MR) is 91.7 cm³/mol.